The van der Waals surface area contributed by atoms with Gasteiger partial charge in [0.05, 0.1) is 6.10 Å². The first kappa shape index (κ1) is 21.8. The first-order chi connectivity index (χ1) is 13.2. The maximum absolute atomic E-state index is 13.2. The summed E-state index contributed by atoms with van der Waals surface area (Å²) >= 11 is 0. The van der Waals surface area contributed by atoms with Crippen LogP contribution in [0.3, 0.4) is 0 Å². The van der Waals surface area contributed by atoms with Gasteiger partial charge in [-0.2, -0.15) is 0 Å². The number of Topliss-reactive ketones (excluding diaryl/α,β-unsaturated/α-hetero) is 1. The van der Waals surface area contributed by atoms with Crippen molar-refractivity contribution < 1.29 is 19.8 Å². The molecule has 0 aliphatic heterocycles. The third-order valence-corrected chi connectivity index (χ3v) is 8.92. The number of carbonyl (C=O) groups excluding carboxylic acids is 1. The zero-order valence-electron chi connectivity index (χ0n) is 18.0. The molecule has 0 aromatic heterocycles. The van der Waals surface area contributed by atoms with Gasteiger partial charge in [-0.15, -0.1) is 0 Å². The van der Waals surface area contributed by atoms with Crippen LogP contribution in [0.15, 0.2) is 0 Å². The zero-order valence-corrected chi connectivity index (χ0v) is 18.0. The fourth-order valence-electron chi connectivity index (χ4n) is 7.00. The summed E-state index contributed by atoms with van der Waals surface area (Å²) in [6.45, 7) is 6.90. The number of carboxylic acids is 1. The van der Waals surface area contributed by atoms with Crippen LogP contribution in [0.25, 0.3) is 0 Å². The minimum atomic E-state index is -0.696. The van der Waals surface area contributed by atoms with Crippen LogP contribution in [0.1, 0.15) is 91.4 Å². The second kappa shape index (κ2) is 8.85. The summed E-state index contributed by atoms with van der Waals surface area (Å²) < 4.78 is 0. The van der Waals surface area contributed by atoms with Crippen LogP contribution >= 0.6 is 0 Å². The summed E-state index contributed by atoms with van der Waals surface area (Å²) in [6.07, 6.45) is 9.83. The highest BCUT2D eigenvalue weighted by Crippen LogP contribution is 2.58. The number of aliphatic carboxylic acids is 1. The Hall–Kier alpha value is -0.900. The third-order valence-electron chi connectivity index (χ3n) is 8.92. The van der Waals surface area contributed by atoms with E-state index in [1.165, 1.54) is 0 Å². The molecule has 4 nitrogen and oxygen atoms in total. The van der Waals surface area contributed by atoms with Crippen LogP contribution in [0.2, 0.25) is 0 Å². The minimum Gasteiger partial charge on any atom is -0.481 e. The maximum Gasteiger partial charge on any atom is 0.303 e. The third kappa shape index (κ3) is 4.47. The molecule has 0 spiro atoms. The van der Waals surface area contributed by atoms with E-state index in [-0.39, 0.29) is 23.9 Å². The van der Waals surface area contributed by atoms with Crippen LogP contribution in [0.5, 0.6) is 0 Å². The first-order valence-electron chi connectivity index (χ1n) is 11.6. The summed E-state index contributed by atoms with van der Waals surface area (Å²) in [7, 11) is 0. The van der Waals surface area contributed by atoms with Crippen molar-refractivity contribution in [2.24, 2.45) is 40.9 Å². The van der Waals surface area contributed by atoms with E-state index < -0.39 is 5.97 Å². The van der Waals surface area contributed by atoms with E-state index in [2.05, 4.69) is 20.8 Å². The van der Waals surface area contributed by atoms with Crippen molar-refractivity contribution in [2.45, 2.75) is 97.5 Å². The Morgan fingerprint density at radius 1 is 1.21 bits per heavy atom. The molecule has 0 bridgehead atoms. The molecule has 4 heteroatoms. The molecule has 0 heterocycles. The van der Waals surface area contributed by atoms with Crippen molar-refractivity contribution >= 4 is 11.8 Å². The molecule has 3 rings (SSSR count). The molecule has 28 heavy (non-hydrogen) atoms. The number of hydrogen-bond acceptors (Lipinski definition) is 3. The summed E-state index contributed by atoms with van der Waals surface area (Å²) in [5.41, 5.74) is 0.195. The van der Waals surface area contributed by atoms with Gasteiger partial charge in [0.2, 0.25) is 0 Å². The lowest BCUT2D eigenvalue weighted by molar-refractivity contribution is -0.146. The molecule has 0 saturated heterocycles. The van der Waals surface area contributed by atoms with Gasteiger partial charge >= 0.3 is 5.97 Å². The average molecular weight is 393 g/mol. The Balaban J connectivity index is 1.75. The molecule has 3 fully saturated rings. The summed E-state index contributed by atoms with van der Waals surface area (Å²) in [6, 6.07) is 0. The van der Waals surface area contributed by atoms with E-state index in [0.29, 0.717) is 41.8 Å². The van der Waals surface area contributed by atoms with Gasteiger partial charge in [0.1, 0.15) is 5.78 Å². The monoisotopic (exact) mass is 392 g/mol. The standard InChI is InChI=1S/C24H40O4/c1-15(8-10-22(27)28)17-5-4-6-20-23(16(2)7-9-17)21(26)14-18-13-19(25)11-12-24(18,20)3/h15-20,23,25H,4-14H2,1-3H3,(H,27,28)/t15-,16?,17?,18+,19-,20?,23?,24+/m1/s1. The van der Waals surface area contributed by atoms with E-state index in [0.717, 1.165) is 57.8 Å². The SMILES string of the molecule is CC1CCC([C@H](C)CCC(=O)O)CCCC2C1C(=O)C[C@@H]1C[C@H](O)CC[C@]21C. The number of aliphatic hydroxyl groups excluding tert-OH is 1. The summed E-state index contributed by atoms with van der Waals surface area (Å²) in [5, 5.41) is 19.2. The number of aliphatic hydroxyl groups is 1. The first-order valence-corrected chi connectivity index (χ1v) is 11.6. The van der Waals surface area contributed by atoms with Crippen LogP contribution in [0.4, 0.5) is 0 Å². The topological polar surface area (TPSA) is 74.6 Å². The molecule has 0 aromatic rings. The largest absolute Gasteiger partial charge is 0.481 e. The highest BCUT2D eigenvalue weighted by molar-refractivity contribution is 5.83. The maximum atomic E-state index is 13.2. The predicted molar refractivity (Wildman–Crippen MR) is 110 cm³/mol. The van der Waals surface area contributed by atoms with Crippen LogP contribution in [0, 0.1) is 40.9 Å². The van der Waals surface area contributed by atoms with Gasteiger partial charge in [0.25, 0.3) is 0 Å². The van der Waals surface area contributed by atoms with Crippen molar-refractivity contribution in [3.8, 4) is 0 Å². The van der Waals surface area contributed by atoms with Gasteiger partial charge in [-0.1, -0.05) is 33.6 Å². The van der Waals surface area contributed by atoms with Crippen LogP contribution < -0.4 is 0 Å². The molecule has 4 unspecified atom stereocenters. The Bertz CT molecular complexity index is 573. The number of rotatable bonds is 4. The molecule has 3 aliphatic carbocycles. The van der Waals surface area contributed by atoms with Crippen LogP contribution in [-0.4, -0.2) is 28.1 Å². The lowest BCUT2D eigenvalue weighted by Gasteiger charge is -2.55. The number of carbonyl (C=O) groups is 2. The van der Waals surface area contributed by atoms with Crippen molar-refractivity contribution in [2.75, 3.05) is 0 Å². The molecule has 0 amide bonds. The molecular formula is C24H40O4. The quantitative estimate of drug-likeness (QED) is 0.700. The van der Waals surface area contributed by atoms with Gasteiger partial charge in [-0.3, -0.25) is 9.59 Å². The summed E-state index contributed by atoms with van der Waals surface area (Å²) in [5.74, 6) is 2.17. The van der Waals surface area contributed by atoms with Crippen molar-refractivity contribution in [3.63, 3.8) is 0 Å². The molecular weight excluding hydrogens is 352 g/mol. The molecule has 160 valence electrons. The van der Waals surface area contributed by atoms with Crippen molar-refractivity contribution in [1.82, 2.24) is 0 Å². The molecule has 3 saturated carbocycles. The van der Waals surface area contributed by atoms with Crippen molar-refractivity contribution in [3.05, 3.63) is 0 Å². The normalized spacial score (nSPS) is 43.1. The lowest BCUT2D eigenvalue weighted by atomic mass is 9.49. The highest BCUT2D eigenvalue weighted by atomic mass is 16.4. The van der Waals surface area contributed by atoms with Gasteiger partial charge in [0.15, 0.2) is 0 Å². The summed E-state index contributed by atoms with van der Waals surface area (Å²) in [4.78, 5) is 24.1. The Morgan fingerprint density at radius 3 is 2.68 bits per heavy atom. The second-order valence-corrected chi connectivity index (χ2v) is 10.6. The Kier molecular flexibility index (Phi) is 6.89. The molecule has 0 radical (unpaired) electrons. The van der Waals surface area contributed by atoms with Crippen LogP contribution in [-0.2, 0) is 9.59 Å². The lowest BCUT2D eigenvalue weighted by Crippen LogP contribution is -2.52. The fourth-order valence-corrected chi connectivity index (χ4v) is 7.00. The smallest absolute Gasteiger partial charge is 0.303 e. The van der Waals surface area contributed by atoms with E-state index in [1.54, 1.807) is 0 Å². The Labute approximate surface area is 170 Å². The molecule has 2 N–H and O–H groups in total. The number of carboxylic acid groups (broad SMARTS) is 1. The second-order valence-electron chi connectivity index (χ2n) is 10.6. The van der Waals surface area contributed by atoms with Gasteiger partial charge < -0.3 is 10.2 Å². The average Bonchev–Trinajstić information content (AvgIpc) is 2.71. The van der Waals surface area contributed by atoms with Gasteiger partial charge in [-0.25, -0.2) is 0 Å². The zero-order chi connectivity index (χ0) is 20.5. The van der Waals surface area contributed by atoms with E-state index >= 15 is 0 Å². The number of hydrogen-bond donors (Lipinski definition) is 2. The molecule has 8 atom stereocenters. The Morgan fingerprint density at radius 2 is 1.96 bits per heavy atom. The highest BCUT2D eigenvalue weighted by Gasteiger charge is 2.54. The van der Waals surface area contributed by atoms with Gasteiger partial charge in [-0.05, 0) is 80.0 Å². The van der Waals surface area contributed by atoms with E-state index in [1.807, 2.05) is 0 Å². The number of fused-ring (bicyclic) bond motifs is 3. The molecule has 3 aliphatic rings. The number of ketones is 1. The van der Waals surface area contributed by atoms with E-state index in [9.17, 15) is 14.7 Å². The molecule has 0 aromatic carbocycles. The van der Waals surface area contributed by atoms with Gasteiger partial charge in [0, 0.05) is 18.8 Å². The minimum absolute atomic E-state index is 0.185. The fraction of sp³-hybridized carbons (Fsp3) is 0.917. The van der Waals surface area contributed by atoms with Crippen molar-refractivity contribution in [1.29, 1.82) is 0 Å². The van der Waals surface area contributed by atoms with E-state index in [4.69, 9.17) is 5.11 Å². The predicted octanol–water partition coefficient (Wildman–Crippen LogP) is 5.08.